The van der Waals surface area contributed by atoms with Gasteiger partial charge in [-0.2, -0.15) is 5.10 Å². The van der Waals surface area contributed by atoms with Crippen molar-refractivity contribution in [3.63, 3.8) is 0 Å². The second-order valence-electron chi connectivity index (χ2n) is 5.52. The van der Waals surface area contributed by atoms with Gasteiger partial charge in [0.15, 0.2) is 0 Å². The van der Waals surface area contributed by atoms with Gasteiger partial charge in [-0.15, -0.1) is 0 Å². The molecule has 0 aliphatic heterocycles. The topological polar surface area (TPSA) is 47.3 Å². The molecular weight excluding hydrogens is 240 g/mol. The van der Waals surface area contributed by atoms with Crippen LogP contribution in [-0.4, -0.2) is 28.1 Å². The van der Waals surface area contributed by atoms with Gasteiger partial charge in [-0.1, -0.05) is 26.2 Å². The predicted molar refractivity (Wildman–Crippen MR) is 74.8 cm³/mol. The average molecular weight is 266 g/mol. The Balaban J connectivity index is 2.10. The number of aromatic nitrogens is 2. The van der Waals surface area contributed by atoms with Gasteiger partial charge >= 0.3 is 0 Å². The summed E-state index contributed by atoms with van der Waals surface area (Å²) in [7, 11) is 1.71. The van der Waals surface area contributed by atoms with Gasteiger partial charge < -0.3 is 9.84 Å². The van der Waals surface area contributed by atoms with Gasteiger partial charge in [0.1, 0.15) is 6.10 Å². The number of aryl methyl sites for hydroxylation is 1. The first-order chi connectivity index (χ1) is 9.27. The van der Waals surface area contributed by atoms with Gasteiger partial charge in [-0.05, 0) is 31.2 Å². The molecule has 1 aromatic heterocycles. The Morgan fingerprint density at radius 1 is 1.42 bits per heavy atom. The number of nitrogens with zero attached hydrogens (tertiary/aromatic N) is 2. The van der Waals surface area contributed by atoms with Crippen LogP contribution in [0.2, 0.25) is 0 Å². The molecule has 1 heterocycles. The molecule has 1 aliphatic carbocycles. The quantitative estimate of drug-likeness (QED) is 0.861. The molecule has 4 nitrogen and oxygen atoms in total. The van der Waals surface area contributed by atoms with Crippen LogP contribution in [-0.2, 0) is 11.3 Å². The van der Waals surface area contributed by atoms with Crippen molar-refractivity contribution in [3.8, 4) is 0 Å². The van der Waals surface area contributed by atoms with Crippen molar-refractivity contribution in [1.29, 1.82) is 0 Å². The van der Waals surface area contributed by atoms with Gasteiger partial charge in [0.2, 0.25) is 0 Å². The number of ether oxygens (including phenoxy) is 1. The van der Waals surface area contributed by atoms with Crippen LogP contribution in [0.1, 0.15) is 57.2 Å². The van der Waals surface area contributed by atoms with E-state index in [2.05, 4.69) is 12.0 Å². The maximum Gasteiger partial charge on any atom is 0.122 e. The number of rotatable bonds is 6. The summed E-state index contributed by atoms with van der Waals surface area (Å²) in [5, 5.41) is 14.9. The molecule has 4 heteroatoms. The fraction of sp³-hybridized carbons (Fsp3) is 0.800. The summed E-state index contributed by atoms with van der Waals surface area (Å²) in [4.78, 5) is 0. The molecular formula is C15H26N2O2. The van der Waals surface area contributed by atoms with E-state index >= 15 is 0 Å². The van der Waals surface area contributed by atoms with Gasteiger partial charge in [0, 0.05) is 19.9 Å². The summed E-state index contributed by atoms with van der Waals surface area (Å²) < 4.78 is 7.52. The SMILES string of the molecule is CCCn1nccc1C(O)C(OC)C1CCCCC1. The highest BCUT2D eigenvalue weighted by atomic mass is 16.5. The highest BCUT2D eigenvalue weighted by Crippen LogP contribution is 2.33. The Kier molecular flexibility index (Phi) is 5.40. The standard InChI is InChI=1S/C15H26N2O2/c1-3-11-17-13(9-10-16-17)14(18)15(19-2)12-7-5-4-6-8-12/h9-10,12,14-15,18H,3-8,11H2,1-2H3. The fourth-order valence-corrected chi connectivity index (χ4v) is 3.20. The van der Waals surface area contributed by atoms with Crippen molar-refractivity contribution in [2.75, 3.05) is 7.11 Å². The van der Waals surface area contributed by atoms with Crippen LogP contribution in [0.25, 0.3) is 0 Å². The van der Waals surface area contributed by atoms with Crippen LogP contribution in [0.15, 0.2) is 12.3 Å². The Hall–Kier alpha value is -0.870. The number of aliphatic hydroxyl groups excluding tert-OH is 1. The zero-order valence-electron chi connectivity index (χ0n) is 12.1. The summed E-state index contributed by atoms with van der Waals surface area (Å²) in [6, 6.07) is 1.91. The third-order valence-corrected chi connectivity index (χ3v) is 4.19. The summed E-state index contributed by atoms with van der Waals surface area (Å²) in [5.41, 5.74) is 0.888. The lowest BCUT2D eigenvalue weighted by atomic mass is 9.82. The third kappa shape index (κ3) is 3.37. The maximum atomic E-state index is 10.6. The molecule has 2 atom stereocenters. The molecule has 1 N–H and O–H groups in total. The van der Waals surface area contributed by atoms with Gasteiger partial charge in [-0.3, -0.25) is 4.68 Å². The zero-order chi connectivity index (χ0) is 13.7. The van der Waals surface area contributed by atoms with Crippen LogP contribution in [0.3, 0.4) is 0 Å². The Morgan fingerprint density at radius 3 is 2.79 bits per heavy atom. The van der Waals surface area contributed by atoms with E-state index in [0.29, 0.717) is 5.92 Å². The van der Waals surface area contributed by atoms with Crippen molar-refractivity contribution in [2.45, 2.75) is 64.2 Å². The van der Waals surface area contributed by atoms with Crippen molar-refractivity contribution >= 4 is 0 Å². The van der Waals surface area contributed by atoms with Gasteiger partial charge in [-0.25, -0.2) is 0 Å². The first-order valence-electron chi connectivity index (χ1n) is 7.50. The van der Waals surface area contributed by atoms with Crippen molar-refractivity contribution in [2.24, 2.45) is 5.92 Å². The van der Waals surface area contributed by atoms with Gasteiger partial charge in [0.05, 0.1) is 11.8 Å². The van der Waals surface area contributed by atoms with E-state index in [-0.39, 0.29) is 6.10 Å². The number of hydrogen-bond acceptors (Lipinski definition) is 3. The summed E-state index contributed by atoms with van der Waals surface area (Å²) >= 11 is 0. The largest absolute Gasteiger partial charge is 0.384 e. The van der Waals surface area contributed by atoms with Crippen LogP contribution in [0.5, 0.6) is 0 Å². The highest BCUT2D eigenvalue weighted by Gasteiger charge is 2.32. The monoisotopic (exact) mass is 266 g/mol. The molecule has 1 fully saturated rings. The molecule has 2 rings (SSSR count). The minimum atomic E-state index is -0.567. The first kappa shape index (κ1) is 14.5. The molecule has 108 valence electrons. The van der Waals surface area contributed by atoms with Crippen LogP contribution >= 0.6 is 0 Å². The third-order valence-electron chi connectivity index (χ3n) is 4.19. The lowest BCUT2D eigenvalue weighted by Crippen LogP contribution is -2.32. The maximum absolute atomic E-state index is 10.6. The van der Waals surface area contributed by atoms with E-state index in [4.69, 9.17) is 4.74 Å². The molecule has 1 saturated carbocycles. The number of methoxy groups -OCH3 is 1. The number of aliphatic hydroxyl groups is 1. The summed E-state index contributed by atoms with van der Waals surface area (Å²) in [6.07, 6.45) is 8.27. The molecule has 0 saturated heterocycles. The van der Waals surface area contributed by atoms with Crippen LogP contribution in [0, 0.1) is 5.92 Å². The van der Waals surface area contributed by atoms with Crippen molar-refractivity contribution < 1.29 is 9.84 Å². The molecule has 1 aromatic rings. The van der Waals surface area contributed by atoms with E-state index in [9.17, 15) is 5.11 Å². The van der Waals surface area contributed by atoms with E-state index in [0.717, 1.165) is 31.5 Å². The smallest absolute Gasteiger partial charge is 0.122 e. The van der Waals surface area contributed by atoms with E-state index < -0.39 is 6.10 Å². The van der Waals surface area contributed by atoms with E-state index in [1.54, 1.807) is 13.3 Å². The van der Waals surface area contributed by atoms with E-state index in [1.165, 1.54) is 19.3 Å². The summed E-state index contributed by atoms with van der Waals surface area (Å²) in [6.45, 7) is 2.97. The van der Waals surface area contributed by atoms with Crippen LogP contribution in [0.4, 0.5) is 0 Å². The lowest BCUT2D eigenvalue weighted by Gasteiger charge is -2.32. The van der Waals surface area contributed by atoms with Crippen molar-refractivity contribution in [1.82, 2.24) is 9.78 Å². The average Bonchev–Trinajstić information content (AvgIpc) is 2.89. The first-order valence-corrected chi connectivity index (χ1v) is 7.50. The Bertz CT molecular complexity index is 372. The van der Waals surface area contributed by atoms with Crippen LogP contribution < -0.4 is 0 Å². The normalized spacial score (nSPS) is 20.4. The highest BCUT2D eigenvalue weighted by molar-refractivity contribution is 5.07. The van der Waals surface area contributed by atoms with Gasteiger partial charge in [0.25, 0.3) is 0 Å². The second kappa shape index (κ2) is 7.06. The molecule has 0 aromatic carbocycles. The predicted octanol–water partition coefficient (Wildman–Crippen LogP) is 2.92. The minimum absolute atomic E-state index is 0.104. The molecule has 2 unspecified atom stereocenters. The fourth-order valence-electron chi connectivity index (χ4n) is 3.20. The molecule has 0 amide bonds. The second-order valence-corrected chi connectivity index (χ2v) is 5.52. The molecule has 0 spiro atoms. The van der Waals surface area contributed by atoms with Crippen molar-refractivity contribution in [3.05, 3.63) is 18.0 Å². The minimum Gasteiger partial charge on any atom is -0.384 e. The molecule has 19 heavy (non-hydrogen) atoms. The summed E-state index contributed by atoms with van der Waals surface area (Å²) in [5.74, 6) is 0.471. The Labute approximate surface area is 115 Å². The molecule has 1 aliphatic rings. The zero-order valence-corrected chi connectivity index (χ0v) is 12.1. The van der Waals surface area contributed by atoms with E-state index in [1.807, 2.05) is 10.7 Å². The number of hydrogen-bond donors (Lipinski definition) is 1. The molecule has 0 bridgehead atoms. The Morgan fingerprint density at radius 2 is 2.16 bits per heavy atom. The lowest BCUT2D eigenvalue weighted by molar-refractivity contribution is -0.0592. The molecule has 0 radical (unpaired) electrons.